The molecule has 1 aromatic heterocycles. The highest BCUT2D eigenvalue weighted by Crippen LogP contribution is 2.32. The first kappa shape index (κ1) is 7.22. The van der Waals surface area contributed by atoms with Crippen molar-refractivity contribution in [3.8, 4) is 0 Å². The van der Waals surface area contributed by atoms with Gasteiger partial charge in [-0.05, 0) is 43.6 Å². The summed E-state index contributed by atoms with van der Waals surface area (Å²) in [5, 5.41) is 1.23. The van der Waals surface area contributed by atoms with Crippen molar-refractivity contribution < 1.29 is 0 Å². The maximum atomic E-state index is 4.23. The quantitative estimate of drug-likeness (QED) is 0.642. The van der Waals surface area contributed by atoms with E-state index in [-0.39, 0.29) is 0 Å². The number of nitrogens with zero attached hydrogens (tertiary/aromatic N) is 2. The maximum Gasteiger partial charge on any atom is 0.129 e. The number of aromatic nitrogens is 2. The summed E-state index contributed by atoms with van der Waals surface area (Å²) in [5.74, 6) is 0.701. The fourth-order valence-corrected chi connectivity index (χ4v) is 2.22. The summed E-state index contributed by atoms with van der Waals surface area (Å²) in [4.78, 5) is 4.23. The molecule has 0 aromatic carbocycles. The van der Waals surface area contributed by atoms with Crippen molar-refractivity contribution in [3.63, 3.8) is 0 Å². The lowest BCUT2D eigenvalue weighted by atomic mass is 9.90. The van der Waals surface area contributed by atoms with E-state index in [0.29, 0.717) is 5.92 Å². The molecule has 0 amide bonds. The van der Waals surface area contributed by atoms with Crippen molar-refractivity contribution in [1.82, 2.24) is 9.36 Å². The summed E-state index contributed by atoms with van der Waals surface area (Å²) in [6, 6.07) is 0. The topological polar surface area (TPSA) is 25.8 Å². The van der Waals surface area contributed by atoms with Crippen LogP contribution in [0.15, 0.2) is 6.33 Å². The number of hydrogen-bond donors (Lipinski definition) is 0. The maximum absolute atomic E-state index is 4.23. The minimum Gasteiger partial charge on any atom is -0.228 e. The van der Waals surface area contributed by atoms with Crippen LogP contribution in [0.3, 0.4) is 0 Å². The van der Waals surface area contributed by atoms with Crippen LogP contribution in [0.5, 0.6) is 0 Å². The molecule has 1 fully saturated rings. The van der Waals surface area contributed by atoms with Crippen molar-refractivity contribution in [2.75, 3.05) is 0 Å². The van der Waals surface area contributed by atoms with Crippen molar-refractivity contribution >= 4 is 11.5 Å². The minimum absolute atomic E-state index is 0.701. The molecular weight excluding hydrogens is 156 g/mol. The van der Waals surface area contributed by atoms with E-state index in [2.05, 4.69) is 15.8 Å². The van der Waals surface area contributed by atoms with Gasteiger partial charge in [-0.15, -0.1) is 0 Å². The zero-order valence-corrected chi connectivity index (χ0v) is 7.18. The predicted octanol–water partition coefficient (Wildman–Crippen LogP) is 2.40. The summed E-state index contributed by atoms with van der Waals surface area (Å²) >= 11 is 1.55. The Kier molecular flexibility index (Phi) is 2.17. The second-order valence-corrected chi connectivity index (χ2v) is 3.73. The molecule has 0 aliphatic heterocycles. The molecular formula is C8H11N2S. The first-order chi connectivity index (χ1) is 5.47. The molecule has 1 radical (unpaired) electrons. The Morgan fingerprint density at radius 2 is 2.18 bits per heavy atom. The number of hydrogen-bond acceptors (Lipinski definition) is 3. The second-order valence-electron chi connectivity index (χ2n) is 2.92. The molecule has 0 bridgehead atoms. The average molecular weight is 167 g/mol. The summed E-state index contributed by atoms with van der Waals surface area (Å²) in [6.07, 6.45) is 9.09. The Balaban J connectivity index is 2.04. The Bertz CT molecular complexity index is 202. The van der Waals surface area contributed by atoms with Crippen molar-refractivity contribution in [3.05, 3.63) is 17.8 Å². The predicted molar refractivity (Wildman–Crippen MR) is 45.4 cm³/mol. The van der Waals surface area contributed by atoms with E-state index in [9.17, 15) is 0 Å². The zero-order valence-electron chi connectivity index (χ0n) is 6.36. The third kappa shape index (κ3) is 1.59. The van der Waals surface area contributed by atoms with E-state index >= 15 is 0 Å². The second kappa shape index (κ2) is 3.30. The molecule has 0 N–H and O–H groups in total. The molecule has 0 spiro atoms. The first-order valence-corrected chi connectivity index (χ1v) is 4.82. The average Bonchev–Trinajstić information content (AvgIpc) is 2.58. The molecule has 3 heteroatoms. The Morgan fingerprint density at radius 3 is 2.82 bits per heavy atom. The van der Waals surface area contributed by atoms with Crippen LogP contribution in [0.1, 0.15) is 36.6 Å². The van der Waals surface area contributed by atoms with Crippen LogP contribution in [0, 0.1) is 6.42 Å². The van der Waals surface area contributed by atoms with E-state index in [4.69, 9.17) is 0 Å². The lowest BCUT2D eigenvalue weighted by Gasteiger charge is -2.17. The lowest BCUT2D eigenvalue weighted by Crippen LogP contribution is -2.03. The van der Waals surface area contributed by atoms with Gasteiger partial charge >= 0.3 is 0 Å². The Labute approximate surface area is 70.8 Å². The van der Waals surface area contributed by atoms with E-state index in [1.807, 2.05) is 0 Å². The molecule has 1 aromatic rings. The SMILES string of the molecule is [CH]1CCC(c2ncns2)CC1. The van der Waals surface area contributed by atoms with Crippen molar-refractivity contribution in [2.45, 2.75) is 31.6 Å². The van der Waals surface area contributed by atoms with Crippen LogP contribution in [-0.2, 0) is 0 Å². The molecule has 1 saturated carbocycles. The van der Waals surface area contributed by atoms with Gasteiger partial charge in [-0.2, -0.15) is 4.37 Å². The molecule has 1 aliphatic rings. The summed E-state index contributed by atoms with van der Waals surface area (Å²) in [6.45, 7) is 0. The molecule has 2 nitrogen and oxygen atoms in total. The largest absolute Gasteiger partial charge is 0.228 e. The fourth-order valence-electron chi connectivity index (χ4n) is 1.54. The molecule has 59 valence electrons. The molecule has 0 saturated heterocycles. The van der Waals surface area contributed by atoms with Gasteiger partial charge in [0.1, 0.15) is 11.3 Å². The first-order valence-electron chi connectivity index (χ1n) is 4.05. The van der Waals surface area contributed by atoms with Crippen LogP contribution in [0.25, 0.3) is 0 Å². The fraction of sp³-hybridized carbons (Fsp3) is 0.625. The van der Waals surface area contributed by atoms with E-state index in [1.165, 1.54) is 30.7 Å². The van der Waals surface area contributed by atoms with E-state index in [1.54, 1.807) is 17.9 Å². The summed E-state index contributed by atoms with van der Waals surface area (Å²) in [5.41, 5.74) is 0. The van der Waals surface area contributed by atoms with Gasteiger partial charge < -0.3 is 0 Å². The Morgan fingerprint density at radius 1 is 1.36 bits per heavy atom. The van der Waals surface area contributed by atoms with Crippen LogP contribution in [0.2, 0.25) is 0 Å². The molecule has 11 heavy (non-hydrogen) atoms. The van der Waals surface area contributed by atoms with Gasteiger partial charge in [0.25, 0.3) is 0 Å². The van der Waals surface area contributed by atoms with Gasteiger partial charge in [-0.1, -0.05) is 0 Å². The highest BCUT2D eigenvalue weighted by molar-refractivity contribution is 7.05. The van der Waals surface area contributed by atoms with Gasteiger partial charge in [-0.3, -0.25) is 0 Å². The molecule has 1 heterocycles. The lowest BCUT2D eigenvalue weighted by molar-refractivity contribution is 0.510. The van der Waals surface area contributed by atoms with Gasteiger partial charge in [0, 0.05) is 5.92 Å². The molecule has 0 unspecified atom stereocenters. The smallest absolute Gasteiger partial charge is 0.129 e. The molecule has 2 rings (SSSR count). The van der Waals surface area contributed by atoms with Crippen molar-refractivity contribution in [1.29, 1.82) is 0 Å². The van der Waals surface area contributed by atoms with Crippen LogP contribution in [0.4, 0.5) is 0 Å². The molecule has 0 atom stereocenters. The normalized spacial score (nSPS) is 20.4. The zero-order chi connectivity index (χ0) is 7.52. The number of rotatable bonds is 1. The van der Waals surface area contributed by atoms with Crippen LogP contribution in [-0.4, -0.2) is 9.36 Å². The Hall–Kier alpha value is -0.440. The summed E-state index contributed by atoms with van der Waals surface area (Å²) < 4.78 is 4.02. The van der Waals surface area contributed by atoms with Gasteiger partial charge in [-0.25, -0.2) is 4.98 Å². The standard InChI is InChI=1S/C8H11N2S/c1-2-4-7(5-3-1)8-9-6-10-11-8/h1,6-7H,2-5H2. The van der Waals surface area contributed by atoms with Gasteiger partial charge in [0.2, 0.25) is 0 Å². The third-order valence-corrected chi connectivity index (χ3v) is 2.99. The van der Waals surface area contributed by atoms with E-state index < -0.39 is 0 Å². The van der Waals surface area contributed by atoms with Gasteiger partial charge in [0.05, 0.1) is 0 Å². The minimum atomic E-state index is 0.701. The highest BCUT2D eigenvalue weighted by Gasteiger charge is 2.17. The monoisotopic (exact) mass is 167 g/mol. The third-order valence-electron chi connectivity index (χ3n) is 2.17. The van der Waals surface area contributed by atoms with Crippen LogP contribution >= 0.6 is 11.5 Å². The van der Waals surface area contributed by atoms with Crippen molar-refractivity contribution in [2.24, 2.45) is 0 Å². The summed E-state index contributed by atoms with van der Waals surface area (Å²) in [7, 11) is 0. The molecule has 1 aliphatic carbocycles. The highest BCUT2D eigenvalue weighted by atomic mass is 32.1. The van der Waals surface area contributed by atoms with E-state index in [0.717, 1.165) is 0 Å². The van der Waals surface area contributed by atoms with Gasteiger partial charge in [0.15, 0.2) is 0 Å². The van der Waals surface area contributed by atoms with Crippen LogP contribution < -0.4 is 0 Å².